The fourth-order valence-corrected chi connectivity index (χ4v) is 3.89. The first-order valence-corrected chi connectivity index (χ1v) is 11.4. The fourth-order valence-electron chi connectivity index (χ4n) is 2.47. The number of hydrogen-bond acceptors (Lipinski definition) is 6. The molecule has 2 rings (SSSR count). The molecule has 0 atom stereocenters. The van der Waals surface area contributed by atoms with Crippen LogP contribution in [-0.2, 0) is 19.6 Å². The molecule has 2 N–H and O–H groups in total. The van der Waals surface area contributed by atoms with E-state index >= 15 is 0 Å². The normalized spacial score (nSPS) is 11.0. The van der Waals surface area contributed by atoms with Gasteiger partial charge >= 0.3 is 12.0 Å². The summed E-state index contributed by atoms with van der Waals surface area (Å²) in [7, 11) is -2.61. The zero-order chi connectivity index (χ0) is 23.9. The van der Waals surface area contributed by atoms with E-state index in [2.05, 4.69) is 5.32 Å². The Morgan fingerprint density at radius 3 is 2.38 bits per heavy atom. The van der Waals surface area contributed by atoms with E-state index in [1.165, 1.54) is 19.2 Å². The molecular weight excluding hydrogens is 458 g/mol. The number of anilines is 1. The van der Waals surface area contributed by atoms with Crippen LogP contribution in [0.2, 0.25) is 5.02 Å². The second-order valence-electron chi connectivity index (χ2n) is 7.18. The van der Waals surface area contributed by atoms with Crippen LogP contribution >= 0.6 is 11.6 Å². The lowest BCUT2D eigenvalue weighted by Gasteiger charge is -2.20. The number of benzene rings is 2. The smallest absolute Gasteiger partial charge is 0.340 e. The zero-order valence-electron chi connectivity index (χ0n) is 17.8. The van der Waals surface area contributed by atoms with Crippen LogP contribution in [0.5, 0.6) is 0 Å². The molecule has 0 heterocycles. The average Bonchev–Trinajstić information content (AvgIpc) is 2.76. The van der Waals surface area contributed by atoms with Gasteiger partial charge in [0.1, 0.15) is 0 Å². The van der Waals surface area contributed by atoms with Gasteiger partial charge in [0, 0.05) is 13.6 Å². The highest BCUT2D eigenvalue weighted by atomic mass is 35.5. The first-order valence-electron chi connectivity index (χ1n) is 9.60. The van der Waals surface area contributed by atoms with Gasteiger partial charge in [-0.2, -0.15) is 0 Å². The van der Waals surface area contributed by atoms with Gasteiger partial charge in [-0.05, 0) is 36.2 Å². The SMILES string of the molecule is CC(C)CNC(=O)NC(=O)COC(=O)c1cc(S(=O)(=O)N(C)c2ccccc2)ccc1Cl. The Bertz CT molecular complexity index is 1090. The summed E-state index contributed by atoms with van der Waals surface area (Å²) in [6.07, 6.45) is 0. The van der Waals surface area contributed by atoms with Gasteiger partial charge in [-0.25, -0.2) is 18.0 Å². The molecule has 2 aromatic carbocycles. The molecule has 0 aliphatic heterocycles. The number of nitrogens with one attached hydrogen (secondary N) is 2. The number of rotatable bonds is 8. The zero-order valence-corrected chi connectivity index (χ0v) is 19.4. The number of sulfonamides is 1. The number of carbonyl (C=O) groups excluding carboxylic acids is 3. The molecule has 0 saturated carbocycles. The molecule has 3 amide bonds. The predicted octanol–water partition coefficient (Wildman–Crippen LogP) is 2.80. The lowest BCUT2D eigenvalue weighted by molar-refractivity contribution is -0.123. The van der Waals surface area contributed by atoms with Crippen LogP contribution in [-0.4, -0.2) is 46.5 Å². The van der Waals surface area contributed by atoms with Crippen LogP contribution in [0.4, 0.5) is 10.5 Å². The minimum absolute atomic E-state index is 0.0496. The molecule has 0 fully saturated rings. The van der Waals surface area contributed by atoms with Crippen LogP contribution in [0.15, 0.2) is 53.4 Å². The molecule has 172 valence electrons. The van der Waals surface area contributed by atoms with E-state index in [4.69, 9.17) is 16.3 Å². The van der Waals surface area contributed by atoms with E-state index in [0.29, 0.717) is 12.2 Å². The third-order valence-corrected chi connectivity index (χ3v) is 6.31. The van der Waals surface area contributed by atoms with E-state index in [-0.39, 0.29) is 21.4 Å². The molecule has 0 aliphatic rings. The number of ether oxygens (including phenoxy) is 1. The molecule has 9 nitrogen and oxygen atoms in total. The van der Waals surface area contributed by atoms with Crippen molar-refractivity contribution in [1.82, 2.24) is 10.6 Å². The van der Waals surface area contributed by atoms with Crippen LogP contribution < -0.4 is 14.9 Å². The second-order valence-corrected chi connectivity index (χ2v) is 9.55. The molecule has 0 saturated heterocycles. The van der Waals surface area contributed by atoms with Gasteiger partial charge in [0.25, 0.3) is 15.9 Å². The summed E-state index contributed by atoms with van der Waals surface area (Å²) in [5.41, 5.74) is 0.199. The maximum Gasteiger partial charge on any atom is 0.340 e. The number of halogens is 1. The number of hydrogen-bond donors (Lipinski definition) is 2. The monoisotopic (exact) mass is 481 g/mol. The third kappa shape index (κ3) is 6.69. The van der Waals surface area contributed by atoms with Crippen molar-refractivity contribution in [2.24, 2.45) is 5.92 Å². The topological polar surface area (TPSA) is 122 Å². The summed E-state index contributed by atoms with van der Waals surface area (Å²) in [6, 6.07) is 11.3. The number of carbonyl (C=O) groups is 3. The lowest BCUT2D eigenvalue weighted by Crippen LogP contribution is -2.42. The number of esters is 1. The third-order valence-electron chi connectivity index (χ3n) is 4.19. The van der Waals surface area contributed by atoms with E-state index in [1.54, 1.807) is 30.3 Å². The van der Waals surface area contributed by atoms with Gasteiger partial charge < -0.3 is 10.1 Å². The summed E-state index contributed by atoms with van der Waals surface area (Å²) in [5.74, 6) is -1.66. The minimum Gasteiger partial charge on any atom is -0.452 e. The van der Waals surface area contributed by atoms with E-state index in [9.17, 15) is 22.8 Å². The highest BCUT2D eigenvalue weighted by molar-refractivity contribution is 7.92. The number of nitrogens with zero attached hydrogens (tertiary/aromatic N) is 1. The molecule has 0 aliphatic carbocycles. The van der Waals surface area contributed by atoms with Crippen molar-refractivity contribution in [3.63, 3.8) is 0 Å². The van der Waals surface area contributed by atoms with Gasteiger partial charge in [-0.15, -0.1) is 0 Å². The molecule has 11 heteroatoms. The Morgan fingerprint density at radius 1 is 1.09 bits per heavy atom. The van der Waals surface area contributed by atoms with Gasteiger partial charge in [0.2, 0.25) is 0 Å². The van der Waals surface area contributed by atoms with Crippen LogP contribution in [0.3, 0.4) is 0 Å². The maximum absolute atomic E-state index is 12.9. The molecule has 2 aromatic rings. The molecule has 0 spiro atoms. The van der Waals surface area contributed by atoms with Crippen molar-refractivity contribution in [3.8, 4) is 0 Å². The summed E-state index contributed by atoms with van der Waals surface area (Å²) >= 11 is 6.03. The Labute approximate surface area is 191 Å². The van der Waals surface area contributed by atoms with Crippen molar-refractivity contribution in [2.75, 3.05) is 24.5 Å². The molecule has 0 radical (unpaired) electrons. The molecule has 0 aromatic heterocycles. The van der Waals surface area contributed by atoms with E-state index in [1.807, 2.05) is 19.2 Å². The van der Waals surface area contributed by atoms with Crippen molar-refractivity contribution >= 4 is 45.2 Å². The number of imide groups is 1. The van der Waals surface area contributed by atoms with Gasteiger partial charge in [0.05, 0.1) is 21.2 Å². The van der Waals surface area contributed by atoms with Crippen molar-refractivity contribution in [2.45, 2.75) is 18.7 Å². The number of amides is 3. The second kappa shape index (κ2) is 11.0. The molecular formula is C21H24ClN3O6S. The Morgan fingerprint density at radius 2 is 1.75 bits per heavy atom. The predicted molar refractivity (Wildman–Crippen MR) is 120 cm³/mol. The van der Waals surface area contributed by atoms with Crippen LogP contribution in [0, 0.1) is 5.92 Å². The van der Waals surface area contributed by atoms with Crippen LogP contribution in [0.1, 0.15) is 24.2 Å². The molecule has 0 bridgehead atoms. The quantitative estimate of drug-likeness (QED) is 0.559. The molecule has 0 unspecified atom stereocenters. The minimum atomic E-state index is -3.99. The number of urea groups is 1. The Hall–Kier alpha value is -3.11. The highest BCUT2D eigenvalue weighted by Crippen LogP contribution is 2.26. The lowest BCUT2D eigenvalue weighted by atomic mass is 10.2. The largest absolute Gasteiger partial charge is 0.452 e. The number of para-hydroxylation sites is 1. The first-order chi connectivity index (χ1) is 15.0. The van der Waals surface area contributed by atoms with E-state index < -0.39 is 34.5 Å². The van der Waals surface area contributed by atoms with Gasteiger partial charge in [0.15, 0.2) is 6.61 Å². The average molecular weight is 482 g/mol. The van der Waals surface area contributed by atoms with Gasteiger partial charge in [-0.1, -0.05) is 43.6 Å². The summed E-state index contributed by atoms with van der Waals surface area (Å²) in [4.78, 5) is 35.6. The summed E-state index contributed by atoms with van der Waals surface area (Å²) < 4.78 is 31.8. The summed E-state index contributed by atoms with van der Waals surface area (Å²) in [5, 5.41) is 4.46. The van der Waals surface area contributed by atoms with Crippen molar-refractivity contribution in [3.05, 3.63) is 59.1 Å². The molecule has 32 heavy (non-hydrogen) atoms. The fraction of sp³-hybridized carbons (Fsp3) is 0.286. The van der Waals surface area contributed by atoms with Crippen molar-refractivity contribution in [1.29, 1.82) is 0 Å². The summed E-state index contributed by atoms with van der Waals surface area (Å²) in [6.45, 7) is 3.40. The maximum atomic E-state index is 12.9. The standard InChI is InChI=1S/C21H24ClN3O6S/c1-14(2)12-23-21(28)24-19(26)13-31-20(27)17-11-16(9-10-18(17)22)32(29,30)25(3)15-7-5-4-6-8-15/h4-11,14H,12-13H2,1-3H3,(H2,23,24,26,28). The van der Waals surface area contributed by atoms with E-state index in [0.717, 1.165) is 10.4 Å². The highest BCUT2D eigenvalue weighted by Gasteiger charge is 2.24. The van der Waals surface area contributed by atoms with Gasteiger partial charge in [-0.3, -0.25) is 14.4 Å². The van der Waals surface area contributed by atoms with Crippen LogP contribution in [0.25, 0.3) is 0 Å². The van der Waals surface area contributed by atoms with Crippen molar-refractivity contribution < 1.29 is 27.5 Å². The Balaban J connectivity index is 2.09. The first kappa shape index (κ1) is 25.2. The Kier molecular flexibility index (Phi) is 8.62.